The van der Waals surface area contributed by atoms with Crippen LogP contribution >= 0.6 is 0 Å². The van der Waals surface area contributed by atoms with Crippen LogP contribution in [0, 0.1) is 0 Å². The largest absolute Gasteiger partial charge is 0.416 e. The first-order valence-corrected chi connectivity index (χ1v) is 10.3. The first-order chi connectivity index (χ1) is 13.3. The SMILES string of the molecule is CC(C)N(C)S(=O)(=O)c1cccc(C(=O)N(C)Cc2ccc(C(F)(F)F)cc2)c1. The molecule has 9 heteroatoms. The lowest BCUT2D eigenvalue weighted by Gasteiger charge is -2.22. The molecule has 158 valence electrons. The zero-order valence-electron chi connectivity index (χ0n) is 16.6. The molecule has 0 atom stereocenters. The van der Waals surface area contributed by atoms with Crippen LogP contribution in [0.1, 0.15) is 35.3 Å². The number of benzene rings is 2. The van der Waals surface area contributed by atoms with Gasteiger partial charge in [0.25, 0.3) is 5.91 Å². The third-order valence-electron chi connectivity index (χ3n) is 4.53. The summed E-state index contributed by atoms with van der Waals surface area (Å²) in [7, 11) is -0.777. The van der Waals surface area contributed by atoms with E-state index in [1.807, 2.05) is 0 Å². The van der Waals surface area contributed by atoms with Crippen LogP contribution in [-0.2, 0) is 22.7 Å². The van der Waals surface area contributed by atoms with E-state index in [1.165, 1.54) is 59.7 Å². The summed E-state index contributed by atoms with van der Waals surface area (Å²) in [5.41, 5.74) is -0.0581. The van der Waals surface area contributed by atoms with Gasteiger partial charge in [0.1, 0.15) is 0 Å². The molecule has 0 aliphatic heterocycles. The quantitative estimate of drug-likeness (QED) is 0.699. The van der Waals surface area contributed by atoms with Gasteiger partial charge >= 0.3 is 6.18 Å². The zero-order valence-corrected chi connectivity index (χ0v) is 17.4. The maximum atomic E-state index is 12.7. The van der Waals surface area contributed by atoms with Crippen LogP contribution < -0.4 is 0 Å². The van der Waals surface area contributed by atoms with Gasteiger partial charge in [-0.2, -0.15) is 17.5 Å². The minimum atomic E-state index is -4.42. The van der Waals surface area contributed by atoms with Crippen molar-refractivity contribution in [3.8, 4) is 0 Å². The first-order valence-electron chi connectivity index (χ1n) is 8.83. The molecule has 0 radical (unpaired) electrons. The molecule has 1 amide bonds. The fraction of sp³-hybridized carbons (Fsp3) is 0.350. The molecule has 0 saturated carbocycles. The average molecular weight is 428 g/mol. The predicted octanol–water partition coefficient (Wildman–Crippen LogP) is 4.01. The van der Waals surface area contributed by atoms with Crippen molar-refractivity contribution in [3.63, 3.8) is 0 Å². The minimum Gasteiger partial charge on any atom is -0.337 e. The second kappa shape index (κ2) is 8.54. The van der Waals surface area contributed by atoms with Gasteiger partial charge in [-0.25, -0.2) is 8.42 Å². The van der Waals surface area contributed by atoms with Crippen molar-refractivity contribution in [2.24, 2.45) is 0 Å². The summed E-state index contributed by atoms with van der Waals surface area (Å²) in [5, 5.41) is 0. The number of nitrogens with zero attached hydrogens (tertiary/aromatic N) is 2. The first kappa shape index (κ1) is 22.9. The number of hydrogen-bond acceptors (Lipinski definition) is 3. The summed E-state index contributed by atoms with van der Waals surface area (Å²) < 4.78 is 64.4. The highest BCUT2D eigenvalue weighted by atomic mass is 32.2. The number of rotatable bonds is 6. The summed E-state index contributed by atoms with van der Waals surface area (Å²) in [6, 6.07) is 10.0. The second-order valence-corrected chi connectivity index (χ2v) is 9.00. The molecule has 0 aliphatic rings. The molecular formula is C20H23F3N2O3S. The zero-order chi connectivity index (χ0) is 22.0. The van der Waals surface area contributed by atoms with Gasteiger partial charge < -0.3 is 4.90 Å². The Labute approximate surface area is 168 Å². The maximum Gasteiger partial charge on any atom is 0.416 e. The third-order valence-corrected chi connectivity index (χ3v) is 6.56. The van der Waals surface area contributed by atoms with E-state index in [9.17, 15) is 26.4 Å². The van der Waals surface area contributed by atoms with Gasteiger partial charge in [-0.3, -0.25) is 4.79 Å². The molecule has 0 N–H and O–H groups in total. The fourth-order valence-electron chi connectivity index (χ4n) is 2.60. The van der Waals surface area contributed by atoms with Crippen LogP contribution in [0.2, 0.25) is 0 Å². The number of carbonyl (C=O) groups is 1. The Hall–Kier alpha value is -2.39. The Balaban J connectivity index is 2.20. The number of amides is 1. The standard InChI is InChI=1S/C20H23F3N2O3S/c1-14(2)25(4)29(27,28)18-7-5-6-16(12-18)19(26)24(3)13-15-8-10-17(11-9-15)20(21,22)23/h5-12,14H,13H2,1-4H3. The number of halogens is 3. The van der Waals surface area contributed by atoms with Crippen molar-refractivity contribution < 1.29 is 26.4 Å². The second-order valence-electron chi connectivity index (χ2n) is 7.00. The van der Waals surface area contributed by atoms with Crippen LogP contribution in [0.25, 0.3) is 0 Å². The Kier molecular flexibility index (Phi) is 6.74. The molecule has 2 aromatic carbocycles. The smallest absolute Gasteiger partial charge is 0.337 e. The molecule has 0 unspecified atom stereocenters. The molecule has 0 fully saturated rings. The molecule has 5 nitrogen and oxygen atoms in total. The van der Waals surface area contributed by atoms with Crippen molar-refractivity contribution in [3.05, 3.63) is 65.2 Å². The van der Waals surface area contributed by atoms with E-state index in [0.29, 0.717) is 5.56 Å². The van der Waals surface area contributed by atoms with Crippen LogP contribution in [0.15, 0.2) is 53.4 Å². The summed E-state index contributed by atoms with van der Waals surface area (Å²) in [4.78, 5) is 14.0. The number of alkyl halides is 3. The van der Waals surface area contributed by atoms with Crippen molar-refractivity contribution >= 4 is 15.9 Å². The summed E-state index contributed by atoms with van der Waals surface area (Å²) >= 11 is 0. The van der Waals surface area contributed by atoms with Gasteiger partial charge in [0, 0.05) is 32.2 Å². The molecule has 0 heterocycles. The highest BCUT2D eigenvalue weighted by Gasteiger charge is 2.30. The van der Waals surface area contributed by atoms with Gasteiger partial charge in [0.15, 0.2) is 0 Å². The lowest BCUT2D eigenvalue weighted by molar-refractivity contribution is -0.137. The lowest BCUT2D eigenvalue weighted by atomic mass is 10.1. The van der Waals surface area contributed by atoms with E-state index < -0.39 is 27.7 Å². The Morgan fingerprint density at radius 3 is 2.14 bits per heavy atom. The highest BCUT2D eigenvalue weighted by Crippen LogP contribution is 2.29. The van der Waals surface area contributed by atoms with Gasteiger partial charge in [-0.1, -0.05) is 18.2 Å². The molecular weight excluding hydrogens is 405 g/mol. The van der Waals surface area contributed by atoms with Gasteiger partial charge in [-0.15, -0.1) is 0 Å². The lowest BCUT2D eigenvalue weighted by Crippen LogP contribution is -2.33. The summed E-state index contributed by atoms with van der Waals surface area (Å²) in [5.74, 6) is -0.436. The molecule has 0 aromatic heterocycles. The number of sulfonamides is 1. The van der Waals surface area contributed by atoms with Crippen molar-refractivity contribution in [1.82, 2.24) is 9.21 Å². The summed E-state index contributed by atoms with van der Waals surface area (Å²) in [6.07, 6.45) is -4.42. The van der Waals surface area contributed by atoms with Crippen LogP contribution in [0.5, 0.6) is 0 Å². The van der Waals surface area contributed by atoms with E-state index in [0.717, 1.165) is 12.1 Å². The minimum absolute atomic E-state index is 0.00230. The molecule has 0 bridgehead atoms. The van der Waals surface area contributed by atoms with Crippen molar-refractivity contribution in [2.45, 2.75) is 37.5 Å². The third kappa shape index (κ3) is 5.36. The van der Waals surface area contributed by atoms with Gasteiger partial charge in [-0.05, 0) is 49.7 Å². The monoisotopic (exact) mass is 428 g/mol. The van der Waals surface area contributed by atoms with Gasteiger partial charge in [0.2, 0.25) is 10.0 Å². The Morgan fingerprint density at radius 1 is 1.03 bits per heavy atom. The normalized spacial score (nSPS) is 12.4. The molecule has 0 aliphatic carbocycles. The van der Waals surface area contributed by atoms with Crippen molar-refractivity contribution in [2.75, 3.05) is 14.1 Å². The Bertz CT molecular complexity index is 971. The topological polar surface area (TPSA) is 57.7 Å². The van der Waals surface area contributed by atoms with Crippen molar-refractivity contribution in [1.29, 1.82) is 0 Å². The van der Waals surface area contributed by atoms with Gasteiger partial charge in [0.05, 0.1) is 10.5 Å². The number of carbonyl (C=O) groups excluding carboxylic acids is 1. The van der Waals surface area contributed by atoms with E-state index in [-0.39, 0.29) is 23.0 Å². The molecule has 29 heavy (non-hydrogen) atoms. The summed E-state index contributed by atoms with van der Waals surface area (Å²) in [6.45, 7) is 3.56. The van der Waals surface area contributed by atoms with Crippen LogP contribution in [0.4, 0.5) is 13.2 Å². The maximum absolute atomic E-state index is 12.7. The van der Waals surface area contributed by atoms with E-state index in [4.69, 9.17) is 0 Å². The highest BCUT2D eigenvalue weighted by molar-refractivity contribution is 7.89. The fourth-order valence-corrected chi connectivity index (χ4v) is 4.01. The molecule has 2 aromatic rings. The molecule has 2 rings (SSSR count). The van der Waals surface area contributed by atoms with Crippen LogP contribution in [-0.4, -0.2) is 43.7 Å². The Morgan fingerprint density at radius 2 is 1.62 bits per heavy atom. The molecule has 0 spiro atoms. The molecule has 0 saturated heterocycles. The van der Waals surface area contributed by atoms with E-state index >= 15 is 0 Å². The van der Waals surface area contributed by atoms with E-state index in [1.54, 1.807) is 13.8 Å². The average Bonchev–Trinajstić information content (AvgIpc) is 2.66. The van der Waals surface area contributed by atoms with E-state index in [2.05, 4.69) is 0 Å². The van der Waals surface area contributed by atoms with Crippen LogP contribution in [0.3, 0.4) is 0 Å². The predicted molar refractivity (Wildman–Crippen MR) is 104 cm³/mol. The number of hydrogen-bond donors (Lipinski definition) is 0.